The highest BCUT2D eigenvalue weighted by molar-refractivity contribution is 5.85. The third-order valence-corrected chi connectivity index (χ3v) is 4.71. The lowest BCUT2D eigenvalue weighted by atomic mass is 9.82. The van der Waals surface area contributed by atoms with E-state index in [1.54, 1.807) is 11.1 Å². The highest BCUT2D eigenvalue weighted by Crippen LogP contribution is 2.43. The summed E-state index contributed by atoms with van der Waals surface area (Å²) >= 11 is 0. The minimum atomic E-state index is 0. The standard InChI is InChI=1S/C18H19N.ClH/c1-2-7-14(8-3-1)17-13-19-12-6-11-18(19)16-10-5-4-9-15(16)17;/h1-5,7-10,17-18H,6,11-13H2;1H/t17-,18+;/m1./s1. The molecule has 2 aliphatic heterocycles. The topological polar surface area (TPSA) is 3.24 Å². The predicted molar refractivity (Wildman–Crippen MR) is 85.5 cm³/mol. The second kappa shape index (κ2) is 5.59. The van der Waals surface area contributed by atoms with Gasteiger partial charge < -0.3 is 0 Å². The fourth-order valence-corrected chi connectivity index (χ4v) is 3.83. The molecule has 0 spiro atoms. The molecule has 0 amide bonds. The van der Waals surface area contributed by atoms with Gasteiger partial charge in [-0.25, -0.2) is 0 Å². The lowest BCUT2D eigenvalue weighted by Crippen LogP contribution is -2.34. The molecule has 2 heteroatoms. The largest absolute Gasteiger partial charge is 0.295 e. The van der Waals surface area contributed by atoms with Crippen LogP contribution in [0.25, 0.3) is 0 Å². The van der Waals surface area contributed by atoms with E-state index < -0.39 is 0 Å². The van der Waals surface area contributed by atoms with Gasteiger partial charge in [0.15, 0.2) is 0 Å². The van der Waals surface area contributed by atoms with Gasteiger partial charge >= 0.3 is 0 Å². The third-order valence-electron chi connectivity index (χ3n) is 4.71. The summed E-state index contributed by atoms with van der Waals surface area (Å²) in [4.78, 5) is 2.68. The molecule has 20 heavy (non-hydrogen) atoms. The monoisotopic (exact) mass is 285 g/mol. The molecule has 1 fully saturated rings. The minimum absolute atomic E-state index is 0. The maximum Gasteiger partial charge on any atom is 0.0351 e. The highest BCUT2D eigenvalue weighted by atomic mass is 35.5. The second-order valence-electron chi connectivity index (χ2n) is 5.75. The molecule has 0 aliphatic carbocycles. The van der Waals surface area contributed by atoms with Gasteiger partial charge in [0.1, 0.15) is 0 Å². The van der Waals surface area contributed by atoms with Crippen molar-refractivity contribution in [1.82, 2.24) is 4.90 Å². The summed E-state index contributed by atoms with van der Waals surface area (Å²) in [6, 6.07) is 20.7. The molecule has 1 nitrogen and oxygen atoms in total. The Balaban J connectivity index is 0.00000121. The van der Waals surface area contributed by atoms with Crippen molar-refractivity contribution in [3.8, 4) is 0 Å². The Morgan fingerprint density at radius 1 is 0.850 bits per heavy atom. The number of rotatable bonds is 1. The fourth-order valence-electron chi connectivity index (χ4n) is 3.83. The summed E-state index contributed by atoms with van der Waals surface area (Å²) < 4.78 is 0. The van der Waals surface area contributed by atoms with Crippen molar-refractivity contribution in [2.24, 2.45) is 0 Å². The molecule has 0 bridgehead atoms. The van der Waals surface area contributed by atoms with E-state index in [9.17, 15) is 0 Å². The number of halogens is 1. The van der Waals surface area contributed by atoms with E-state index in [0.717, 1.165) is 0 Å². The van der Waals surface area contributed by atoms with Gasteiger partial charge in [-0.2, -0.15) is 0 Å². The number of fused-ring (bicyclic) bond motifs is 3. The quantitative estimate of drug-likeness (QED) is 0.751. The normalized spacial score (nSPS) is 24.6. The molecular weight excluding hydrogens is 266 g/mol. The first-order chi connectivity index (χ1) is 9.43. The van der Waals surface area contributed by atoms with Gasteiger partial charge in [0, 0.05) is 18.5 Å². The molecule has 1 saturated heterocycles. The zero-order valence-electron chi connectivity index (χ0n) is 11.5. The number of hydrogen-bond acceptors (Lipinski definition) is 1. The number of benzene rings is 2. The maximum atomic E-state index is 2.68. The first-order valence-corrected chi connectivity index (χ1v) is 7.31. The van der Waals surface area contributed by atoms with Crippen LogP contribution in [0.5, 0.6) is 0 Å². The van der Waals surface area contributed by atoms with Crippen molar-refractivity contribution in [3.05, 3.63) is 71.3 Å². The van der Waals surface area contributed by atoms with Gasteiger partial charge in [0.2, 0.25) is 0 Å². The molecule has 2 atom stereocenters. The lowest BCUT2D eigenvalue weighted by molar-refractivity contribution is 0.230. The maximum absolute atomic E-state index is 2.68. The Hall–Kier alpha value is -1.31. The Morgan fingerprint density at radius 3 is 2.35 bits per heavy atom. The number of nitrogens with zero attached hydrogens (tertiary/aromatic N) is 1. The Labute approximate surface area is 127 Å². The van der Waals surface area contributed by atoms with Crippen LogP contribution in [0.4, 0.5) is 0 Å². The number of hydrogen-bond donors (Lipinski definition) is 0. The van der Waals surface area contributed by atoms with Crippen molar-refractivity contribution < 1.29 is 0 Å². The molecule has 2 aromatic carbocycles. The molecular formula is C18H20ClN. The van der Waals surface area contributed by atoms with Gasteiger partial charge in [-0.3, -0.25) is 4.90 Å². The first-order valence-electron chi connectivity index (χ1n) is 7.31. The van der Waals surface area contributed by atoms with Crippen LogP contribution in [-0.4, -0.2) is 18.0 Å². The van der Waals surface area contributed by atoms with Crippen LogP contribution < -0.4 is 0 Å². The molecule has 2 aromatic rings. The average Bonchev–Trinajstić information content (AvgIpc) is 2.96. The van der Waals surface area contributed by atoms with E-state index in [-0.39, 0.29) is 12.4 Å². The van der Waals surface area contributed by atoms with Gasteiger partial charge in [-0.15, -0.1) is 12.4 Å². The van der Waals surface area contributed by atoms with Crippen LogP contribution in [-0.2, 0) is 0 Å². The van der Waals surface area contributed by atoms with Gasteiger partial charge in [-0.1, -0.05) is 54.6 Å². The minimum Gasteiger partial charge on any atom is -0.295 e. The van der Waals surface area contributed by atoms with E-state index in [1.807, 2.05) is 0 Å². The molecule has 0 N–H and O–H groups in total. The summed E-state index contributed by atoms with van der Waals surface area (Å²) in [6.07, 6.45) is 2.68. The molecule has 2 aliphatic rings. The van der Waals surface area contributed by atoms with E-state index in [1.165, 1.54) is 31.5 Å². The highest BCUT2D eigenvalue weighted by Gasteiger charge is 2.35. The molecule has 4 rings (SSSR count). The molecule has 0 saturated carbocycles. The average molecular weight is 286 g/mol. The molecule has 2 heterocycles. The Morgan fingerprint density at radius 2 is 1.55 bits per heavy atom. The third kappa shape index (κ3) is 2.15. The van der Waals surface area contributed by atoms with E-state index in [4.69, 9.17) is 0 Å². The van der Waals surface area contributed by atoms with Crippen LogP contribution in [0.15, 0.2) is 54.6 Å². The van der Waals surface area contributed by atoms with E-state index in [2.05, 4.69) is 59.5 Å². The summed E-state index contributed by atoms with van der Waals surface area (Å²) in [6.45, 7) is 2.45. The van der Waals surface area contributed by atoms with Crippen molar-refractivity contribution in [3.63, 3.8) is 0 Å². The molecule has 0 radical (unpaired) electrons. The van der Waals surface area contributed by atoms with E-state index >= 15 is 0 Å². The Bertz CT molecular complexity index is 581. The molecule has 0 unspecified atom stereocenters. The smallest absolute Gasteiger partial charge is 0.0351 e. The van der Waals surface area contributed by atoms with Crippen LogP contribution in [0.1, 0.15) is 41.5 Å². The van der Waals surface area contributed by atoms with Gasteiger partial charge in [-0.05, 0) is 36.1 Å². The van der Waals surface area contributed by atoms with Crippen LogP contribution in [0.2, 0.25) is 0 Å². The van der Waals surface area contributed by atoms with Crippen LogP contribution in [0.3, 0.4) is 0 Å². The summed E-state index contributed by atoms with van der Waals surface area (Å²) in [7, 11) is 0. The predicted octanol–water partition coefficient (Wildman–Crippen LogP) is 4.39. The molecule has 0 aromatic heterocycles. The van der Waals surface area contributed by atoms with Gasteiger partial charge in [0.05, 0.1) is 0 Å². The van der Waals surface area contributed by atoms with Crippen molar-refractivity contribution >= 4 is 12.4 Å². The van der Waals surface area contributed by atoms with Crippen molar-refractivity contribution in [1.29, 1.82) is 0 Å². The Kier molecular flexibility index (Phi) is 3.82. The zero-order valence-corrected chi connectivity index (χ0v) is 12.4. The SMILES string of the molecule is Cl.c1ccc([C@H]2CN3CCC[C@H]3c3ccccc32)cc1. The van der Waals surface area contributed by atoms with Crippen LogP contribution in [0, 0.1) is 0 Å². The zero-order chi connectivity index (χ0) is 12.7. The fraction of sp³-hybridized carbons (Fsp3) is 0.333. The summed E-state index contributed by atoms with van der Waals surface area (Å²) in [5.74, 6) is 0.548. The first kappa shape index (κ1) is 13.7. The summed E-state index contributed by atoms with van der Waals surface area (Å²) in [5, 5.41) is 0. The summed E-state index contributed by atoms with van der Waals surface area (Å²) in [5.41, 5.74) is 4.58. The van der Waals surface area contributed by atoms with Crippen molar-refractivity contribution in [2.45, 2.75) is 24.8 Å². The molecule has 104 valence electrons. The van der Waals surface area contributed by atoms with Crippen molar-refractivity contribution in [2.75, 3.05) is 13.1 Å². The van der Waals surface area contributed by atoms with E-state index in [0.29, 0.717) is 12.0 Å². The second-order valence-corrected chi connectivity index (χ2v) is 5.75. The van der Waals surface area contributed by atoms with Crippen LogP contribution >= 0.6 is 12.4 Å². The lowest BCUT2D eigenvalue weighted by Gasteiger charge is -2.37. The van der Waals surface area contributed by atoms with Gasteiger partial charge in [0.25, 0.3) is 0 Å².